The summed E-state index contributed by atoms with van der Waals surface area (Å²) in [5.74, 6) is 0.701. The zero-order valence-corrected chi connectivity index (χ0v) is 9.77. The summed E-state index contributed by atoms with van der Waals surface area (Å²) in [6, 6.07) is 9.49. The van der Waals surface area contributed by atoms with Crippen LogP contribution < -0.4 is 5.73 Å². The van der Waals surface area contributed by atoms with Gasteiger partial charge in [-0.15, -0.1) is 0 Å². The molecule has 1 heterocycles. The molecule has 2 aromatic rings. The van der Waals surface area contributed by atoms with E-state index in [0.717, 1.165) is 10.0 Å². The van der Waals surface area contributed by atoms with Gasteiger partial charge in [0.15, 0.2) is 5.82 Å². The number of benzene rings is 1. The van der Waals surface area contributed by atoms with Crippen molar-refractivity contribution < 1.29 is 0 Å². The second-order valence-corrected chi connectivity index (χ2v) is 3.94. The second kappa shape index (κ2) is 4.29. The first kappa shape index (κ1) is 10.6. The Morgan fingerprint density at radius 3 is 2.69 bits per heavy atom. The van der Waals surface area contributed by atoms with Crippen LogP contribution in [0.2, 0.25) is 0 Å². The maximum absolute atomic E-state index is 8.72. The van der Waals surface area contributed by atoms with Crippen molar-refractivity contribution in [3.8, 4) is 17.5 Å². The van der Waals surface area contributed by atoms with Gasteiger partial charge in [0.05, 0.1) is 6.20 Å². The lowest BCUT2D eigenvalue weighted by molar-refractivity contribution is 1.17. The molecule has 4 nitrogen and oxygen atoms in total. The Bertz CT molecular complexity index is 574. The summed E-state index contributed by atoms with van der Waals surface area (Å²) in [6.45, 7) is 0. The molecular weight excluding hydrogens is 268 g/mol. The van der Waals surface area contributed by atoms with Gasteiger partial charge in [-0.1, -0.05) is 34.1 Å². The highest BCUT2D eigenvalue weighted by atomic mass is 79.9. The van der Waals surface area contributed by atoms with Crippen molar-refractivity contribution in [3.63, 3.8) is 0 Å². The summed E-state index contributed by atoms with van der Waals surface area (Å²) >= 11 is 3.41. The van der Waals surface area contributed by atoms with Gasteiger partial charge in [-0.25, -0.2) is 9.97 Å². The smallest absolute Gasteiger partial charge is 0.162 e. The Hall–Kier alpha value is -1.93. The van der Waals surface area contributed by atoms with Crippen LogP contribution in [-0.4, -0.2) is 9.97 Å². The van der Waals surface area contributed by atoms with E-state index < -0.39 is 0 Å². The summed E-state index contributed by atoms with van der Waals surface area (Å²) in [5, 5.41) is 8.72. The number of nitrogen functional groups attached to an aromatic ring is 1. The third kappa shape index (κ3) is 1.88. The normalized spacial score (nSPS) is 9.75. The second-order valence-electron chi connectivity index (χ2n) is 3.08. The van der Waals surface area contributed by atoms with Gasteiger partial charge in [-0.2, -0.15) is 5.26 Å². The van der Waals surface area contributed by atoms with Gasteiger partial charge in [0, 0.05) is 10.0 Å². The summed E-state index contributed by atoms with van der Waals surface area (Å²) in [7, 11) is 0. The van der Waals surface area contributed by atoms with Crippen LogP contribution in [0.4, 0.5) is 5.82 Å². The number of hydrogen-bond acceptors (Lipinski definition) is 4. The molecule has 0 bridgehead atoms. The molecule has 2 rings (SSSR count). The fraction of sp³-hybridized carbons (Fsp3) is 0. The molecule has 2 N–H and O–H groups in total. The van der Waals surface area contributed by atoms with E-state index in [4.69, 9.17) is 11.0 Å². The molecule has 0 fully saturated rings. The largest absolute Gasteiger partial charge is 0.382 e. The fourth-order valence-electron chi connectivity index (χ4n) is 1.25. The number of hydrogen-bond donors (Lipinski definition) is 1. The van der Waals surface area contributed by atoms with Crippen LogP contribution in [0.25, 0.3) is 11.4 Å². The van der Waals surface area contributed by atoms with Crippen LogP contribution in [0.5, 0.6) is 0 Å². The van der Waals surface area contributed by atoms with Crippen molar-refractivity contribution in [2.45, 2.75) is 0 Å². The Kier molecular flexibility index (Phi) is 2.84. The molecule has 0 aliphatic rings. The monoisotopic (exact) mass is 274 g/mol. The van der Waals surface area contributed by atoms with E-state index in [1.54, 1.807) is 0 Å². The topological polar surface area (TPSA) is 75.6 Å². The lowest BCUT2D eigenvalue weighted by atomic mass is 10.2. The van der Waals surface area contributed by atoms with E-state index in [-0.39, 0.29) is 11.4 Å². The molecular formula is C11H7BrN4. The Morgan fingerprint density at radius 1 is 1.31 bits per heavy atom. The summed E-state index contributed by atoms with van der Waals surface area (Å²) in [4.78, 5) is 8.19. The molecule has 5 heteroatoms. The summed E-state index contributed by atoms with van der Waals surface area (Å²) in [6.07, 6.45) is 1.43. The zero-order valence-electron chi connectivity index (χ0n) is 8.18. The molecule has 1 aromatic heterocycles. The van der Waals surface area contributed by atoms with Crippen molar-refractivity contribution in [2.75, 3.05) is 5.73 Å². The predicted octanol–water partition coefficient (Wildman–Crippen LogP) is 2.36. The maximum Gasteiger partial charge on any atom is 0.162 e. The zero-order chi connectivity index (χ0) is 11.5. The molecule has 78 valence electrons. The van der Waals surface area contributed by atoms with E-state index in [2.05, 4.69) is 25.9 Å². The highest BCUT2D eigenvalue weighted by molar-refractivity contribution is 9.10. The van der Waals surface area contributed by atoms with Crippen LogP contribution >= 0.6 is 15.9 Å². The first-order valence-electron chi connectivity index (χ1n) is 4.50. The van der Waals surface area contributed by atoms with Crippen LogP contribution in [0.3, 0.4) is 0 Å². The molecule has 0 amide bonds. The van der Waals surface area contributed by atoms with Crippen molar-refractivity contribution in [1.82, 2.24) is 9.97 Å². The first-order chi connectivity index (χ1) is 7.72. The SMILES string of the molecule is N#Cc1cnc(-c2ccccc2Br)nc1N. The van der Waals surface area contributed by atoms with E-state index in [0.29, 0.717) is 5.82 Å². The summed E-state index contributed by atoms with van der Waals surface area (Å²) < 4.78 is 0.888. The number of rotatable bonds is 1. The predicted molar refractivity (Wildman–Crippen MR) is 64.3 cm³/mol. The van der Waals surface area contributed by atoms with Gasteiger partial charge in [0.25, 0.3) is 0 Å². The van der Waals surface area contributed by atoms with Gasteiger partial charge >= 0.3 is 0 Å². The molecule has 16 heavy (non-hydrogen) atoms. The molecule has 1 aromatic carbocycles. The third-order valence-corrected chi connectivity index (χ3v) is 2.74. The quantitative estimate of drug-likeness (QED) is 0.866. The number of aromatic nitrogens is 2. The van der Waals surface area contributed by atoms with Crippen molar-refractivity contribution >= 4 is 21.7 Å². The average molecular weight is 275 g/mol. The van der Waals surface area contributed by atoms with Crippen molar-refractivity contribution in [3.05, 3.63) is 40.5 Å². The lowest BCUT2D eigenvalue weighted by Gasteiger charge is -2.03. The molecule has 0 unspecified atom stereocenters. The van der Waals surface area contributed by atoms with Gasteiger partial charge in [0.2, 0.25) is 0 Å². The van der Waals surface area contributed by atoms with Gasteiger partial charge in [0.1, 0.15) is 17.5 Å². The number of nitrogens with two attached hydrogens (primary N) is 1. The fourth-order valence-corrected chi connectivity index (χ4v) is 1.72. The molecule has 0 saturated carbocycles. The minimum absolute atomic E-state index is 0.197. The standard InChI is InChI=1S/C11H7BrN4/c12-9-4-2-1-3-8(9)11-15-6-7(5-13)10(14)16-11/h1-4,6H,(H2,14,15,16). The molecule has 0 aliphatic carbocycles. The van der Waals surface area contributed by atoms with Crippen LogP contribution in [-0.2, 0) is 0 Å². The average Bonchev–Trinajstić information content (AvgIpc) is 2.29. The number of anilines is 1. The van der Waals surface area contributed by atoms with Gasteiger partial charge in [-0.3, -0.25) is 0 Å². The third-order valence-electron chi connectivity index (χ3n) is 2.05. The van der Waals surface area contributed by atoms with E-state index in [1.807, 2.05) is 30.3 Å². The van der Waals surface area contributed by atoms with Crippen LogP contribution in [0.15, 0.2) is 34.9 Å². The maximum atomic E-state index is 8.72. The molecule has 0 atom stereocenters. The van der Waals surface area contributed by atoms with Gasteiger partial charge < -0.3 is 5.73 Å². The molecule has 0 spiro atoms. The number of nitriles is 1. The Morgan fingerprint density at radius 2 is 2.06 bits per heavy atom. The molecule has 0 aliphatic heterocycles. The Labute approximate surface area is 101 Å². The number of nitrogens with zero attached hydrogens (tertiary/aromatic N) is 3. The minimum atomic E-state index is 0.197. The molecule has 0 radical (unpaired) electrons. The number of halogens is 1. The van der Waals surface area contributed by atoms with Crippen molar-refractivity contribution in [1.29, 1.82) is 5.26 Å². The minimum Gasteiger partial charge on any atom is -0.382 e. The van der Waals surface area contributed by atoms with E-state index >= 15 is 0 Å². The highest BCUT2D eigenvalue weighted by Crippen LogP contribution is 2.25. The van der Waals surface area contributed by atoms with E-state index in [9.17, 15) is 0 Å². The van der Waals surface area contributed by atoms with Crippen molar-refractivity contribution in [2.24, 2.45) is 0 Å². The first-order valence-corrected chi connectivity index (χ1v) is 5.29. The highest BCUT2D eigenvalue weighted by Gasteiger charge is 2.07. The van der Waals surface area contributed by atoms with Crippen LogP contribution in [0, 0.1) is 11.3 Å². The lowest BCUT2D eigenvalue weighted by Crippen LogP contribution is -1.99. The van der Waals surface area contributed by atoms with Crippen LogP contribution in [0.1, 0.15) is 5.56 Å². The van der Waals surface area contributed by atoms with Gasteiger partial charge in [-0.05, 0) is 6.07 Å². The van der Waals surface area contributed by atoms with E-state index in [1.165, 1.54) is 6.20 Å². The summed E-state index contributed by atoms with van der Waals surface area (Å²) in [5.41, 5.74) is 6.76. The molecule has 0 saturated heterocycles. The Balaban J connectivity index is 2.55.